The number of nitrogens with zero attached hydrogens (tertiary/aromatic N) is 3. The van der Waals surface area contributed by atoms with Gasteiger partial charge in [0.2, 0.25) is 5.13 Å². The van der Waals surface area contributed by atoms with Crippen LogP contribution in [0.4, 0.5) is 5.13 Å². The lowest BCUT2D eigenvalue weighted by Crippen LogP contribution is -2.28. The van der Waals surface area contributed by atoms with E-state index < -0.39 is 0 Å². The number of thiazole rings is 1. The average molecular weight is 585 g/mol. The van der Waals surface area contributed by atoms with Crippen molar-refractivity contribution in [1.29, 1.82) is 0 Å². The number of para-hydroxylation sites is 1. The number of allylic oxidation sites excluding steroid dienone is 1. The molecule has 5 aromatic rings. The monoisotopic (exact) mass is 583 g/mol. The van der Waals surface area contributed by atoms with Gasteiger partial charge in [-0.05, 0) is 78.4 Å². The molecular formula is C32H23Cl2N3O2S. The molecule has 0 saturated heterocycles. The van der Waals surface area contributed by atoms with Gasteiger partial charge in [0.05, 0.1) is 22.2 Å². The maximum absolute atomic E-state index is 12.9. The van der Waals surface area contributed by atoms with Crippen molar-refractivity contribution >= 4 is 62.4 Å². The fourth-order valence-electron chi connectivity index (χ4n) is 5.64. The summed E-state index contributed by atoms with van der Waals surface area (Å²) in [5.74, 6) is 0.201. The van der Waals surface area contributed by atoms with Crippen LogP contribution in [0.25, 0.3) is 27.5 Å². The molecule has 2 aliphatic rings. The Morgan fingerprint density at radius 3 is 2.52 bits per heavy atom. The molecule has 3 heterocycles. The summed E-state index contributed by atoms with van der Waals surface area (Å²) in [7, 11) is 0. The number of benzene rings is 3. The standard InChI is InChI=1S/C32H23Cl2N3O2S/c33-23-12-8-19(9-13-23)16-22-5-3-6-25-29(22)36-37(30(25)20-10-14-24(34)15-11-20)32-35-18-28(40-32)26-17-21-4-1-2-7-27(21)39-31(26)38/h1-2,4,7-18,25,30H,3,5-6H2/t25-,30-/m1/s1. The maximum atomic E-state index is 12.9. The van der Waals surface area contributed by atoms with Crippen LogP contribution in [0, 0.1) is 5.92 Å². The summed E-state index contributed by atoms with van der Waals surface area (Å²) in [4.78, 5) is 18.4. The highest BCUT2D eigenvalue weighted by molar-refractivity contribution is 7.18. The van der Waals surface area contributed by atoms with E-state index in [9.17, 15) is 4.79 Å². The van der Waals surface area contributed by atoms with E-state index in [4.69, 9.17) is 37.7 Å². The fraction of sp³-hybridized carbons (Fsp3) is 0.156. The van der Waals surface area contributed by atoms with Gasteiger partial charge in [0.25, 0.3) is 0 Å². The number of anilines is 1. The predicted molar refractivity (Wildman–Crippen MR) is 164 cm³/mol. The third-order valence-corrected chi connectivity index (χ3v) is 9.04. The number of rotatable bonds is 4. The first kappa shape index (κ1) is 25.3. The van der Waals surface area contributed by atoms with Gasteiger partial charge in [0.1, 0.15) is 5.58 Å². The Bertz CT molecular complexity index is 1840. The third kappa shape index (κ3) is 4.66. The highest BCUT2D eigenvalue weighted by Crippen LogP contribution is 2.47. The quantitative estimate of drug-likeness (QED) is 0.198. The molecule has 5 nitrogen and oxygen atoms in total. The molecule has 8 heteroatoms. The Kier molecular flexibility index (Phi) is 6.54. The first-order chi connectivity index (χ1) is 19.5. The summed E-state index contributed by atoms with van der Waals surface area (Å²) >= 11 is 13.8. The van der Waals surface area contributed by atoms with Crippen molar-refractivity contribution in [1.82, 2.24) is 4.98 Å². The number of aromatic nitrogens is 1. The first-order valence-electron chi connectivity index (χ1n) is 13.1. The van der Waals surface area contributed by atoms with Gasteiger partial charge in [-0.2, -0.15) is 5.10 Å². The van der Waals surface area contributed by atoms with E-state index in [1.807, 2.05) is 65.7 Å². The second-order valence-corrected chi connectivity index (χ2v) is 11.9. The molecule has 2 aromatic heterocycles. The second-order valence-electron chi connectivity index (χ2n) is 10.0. The zero-order valence-electron chi connectivity index (χ0n) is 21.3. The molecule has 0 unspecified atom stereocenters. The Balaban J connectivity index is 1.31. The summed E-state index contributed by atoms with van der Waals surface area (Å²) in [5, 5.41) is 10.2. The predicted octanol–water partition coefficient (Wildman–Crippen LogP) is 9.02. The SMILES string of the molecule is O=c1oc2ccccc2cc1-c1cnc(N2N=C3C(=Cc4ccc(Cl)cc4)CCC[C@H]3[C@H]2c2ccc(Cl)cc2)s1. The van der Waals surface area contributed by atoms with E-state index in [2.05, 4.69) is 18.2 Å². The molecular weight excluding hydrogens is 561 g/mol. The molecule has 1 aliphatic carbocycles. The normalized spacial score (nSPS) is 19.7. The van der Waals surface area contributed by atoms with Gasteiger partial charge in [-0.1, -0.05) is 77.0 Å². The molecule has 1 fully saturated rings. The van der Waals surface area contributed by atoms with Crippen molar-refractivity contribution in [3.05, 3.63) is 122 Å². The third-order valence-electron chi connectivity index (χ3n) is 7.52. The molecule has 2 atom stereocenters. The molecule has 7 rings (SSSR count). The van der Waals surface area contributed by atoms with Crippen LogP contribution in [0.5, 0.6) is 0 Å². The van der Waals surface area contributed by atoms with E-state index >= 15 is 0 Å². The second kappa shape index (κ2) is 10.4. The Labute approximate surface area is 245 Å². The van der Waals surface area contributed by atoms with Gasteiger partial charge in [-0.25, -0.2) is 14.8 Å². The van der Waals surface area contributed by atoms with E-state index in [-0.39, 0.29) is 17.6 Å². The van der Waals surface area contributed by atoms with Crippen molar-refractivity contribution < 1.29 is 4.42 Å². The summed E-state index contributed by atoms with van der Waals surface area (Å²) in [6.45, 7) is 0. The largest absolute Gasteiger partial charge is 0.422 e. The highest BCUT2D eigenvalue weighted by atomic mass is 35.5. The summed E-state index contributed by atoms with van der Waals surface area (Å²) in [6.07, 6.45) is 7.01. The maximum Gasteiger partial charge on any atom is 0.345 e. The van der Waals surface area contributed by atoms with Gasteiger partial charge in [0, 0.05) is 27.5 Å². The fourth-order valence-corrected chi connectivity index (χ4v) is 6.80. The molecule has 1 aliphatic heterocycles. The van der Waals surface area contributed by atoms with Crippen LogP contribution in [0.15, 0.2) is 105 Å². The number of halogens is 2. The van der Waals surface area contributed by atoms with Gasteiger partial charge < -0.3 is 4.42 Å². The van der Waals surface area contributed by atoms with Gasteiger partial charge in [0.15, 0.2) is 0 Å². The summed E-state index contributed by atoms with van der Waals surface area (Å²) in [5.41, 5.74) is 5.23. The van der Waals surface area contributed by atoms with Crippen molar-refractivity contribution in [2.75, 3.05) is 5.01 Å². The van der Waals surface area contributed by atoms with Crippen molar-refractivity contribution in [2.24, 2.45) is 11.0 Å². The van der Waals surface area contributed by atoms with Gasteiger partial charge in [-0.15, -0.1) is 0 Å². The highest BCUT2D eigenvalue weighted by Gasteiger charge is 2.43. The minimum absolute atomic E-state index is 0.0341. The molecule has 0 spiro atoms. The van der Waals surface area contributed by atoms with Crippen molar-refractivity contribution in [3.63, 3.8) is 0 Å². The van der Waals surface area contributed by atoms with Crippen LogP contribution >= 0.6 is 34.5 Å². The molecule has 40 heavy (non-hydrogen) atoms. The van der Waals surface area contributed by atoms with Gasteiger partial charge >= 0.3 is 5.63 Å². The lowest BCUT2D eigenvalue weighted by molar-refractivity contribution is 0.487. The number of hydrazone groups is 1. The molecule has 0 radical (unpaired) electrons. The van der Waals surface area contributed by atoms with Crippen LogP contribution in [0.1, 0.15) is 36.4 Å². The number of hydrogen-bond acceptors (Lipinski definition) is 6. The molecule has 0 bridgehead atoms. The number of fused-ring (bicyclic) bond motifs is 2. The smallest absolute Gasteiger partial charge is 0.345 e. The first-order valence-corrected chi connectivity index (χ1v) is 14.7. The topological polar surface area (TPSA) is 58.7 Å². The molecule has 198 valence electrons. The minimum Gasteiger partial charge on any atom is -0.422 e. The van der Waals surface area contributed by atoms with E-state index in [1.54, 1.807) is 12.3 Å². The average Bonchev–Trinajstić information content (AvgIpc) is 3.60. The zero-order chi connectivity index (χ0) is 27.2. The number of hydrogen-bond donors (Lipinski definition) is 0. The van der Waals surface area contributed by atoms with Crippen LogP contribution in [-0.2, 0) is 0 Å². The molecule has 0 amide bonds. The van der Waals surface area contributed by atoms with Crippen molar-refractivity contribution in [3.8, 4) is 10.4 Å². The van der Waals surface area contributed by atoms with Crippen LogP contribution < -0.4 is 10.6 Å². The lowest BCUT2D eigenvalue weighted by atomic mass is 9.77. The Hall–Kier alpha value is -3.71. The Morgan fingerprint density at radius 1 is 0.975 bits per heavy atom. The Morgan fingerprint density at radius 2 is 1.73 bits per heavy atom. The van der Waals surface area contributed by atoms with E-state index in [0.717, 1.165) is 56.5 Å². The summed E-state index contributed by atoms with van der Waals surface area (Å²) in [6, 6.07) is 25.2. The molecule has 1 saturated carbocycles. The molecule has 3 aromatic carbocycles. The molecule has 0 N–H and O–H groups in total. The minimum atomic E-state index is -0.377. The van der Waals surface area contributed by atoms with E-state index in [0.29, 0.717) is 16.2 Å². The van der Waals surface area contributed by atoms with Gasteiger partial charge in [-0.3, -0.25) is 0 Å². The zero-order valence-corrected chi connectivity index (χ0v) is 23.6. The van der Waals surface area contributed by atoms with Crippen LogP contribution in [0.2, 0.25) is 10.0 Å². The summed E-state index contributed by atoms with van der Waals surface area (Å²) < 4.78 is 5.59. The lowest BCUT2D eigenvalue weighted by Gasteiger charge is -2.29. The van der Waals surface area contributed by atoms with Crippen molar-refractivity contribution in [2.45, 2.75) is 25.3 Å². The van der Waals surface area contributed by atoms with E-state index in [1.165, 1.54) is 16.9 Å². The van der Waals surface area contributed by atoms with Crippen LogP contribution in [-0.4, -0.2) is 10.7 Å². The van der Waals surface area contributed by atoms with Crippen LogP contribution in [0.3, 0.4) is 0 Å².